The van der Waals surface area contributed by atoms with Gasteiger partial charge < -0.3 is 16.2 Å². The lowest BCUT2D eigenvalue weighted by atomic mass is 9.99. The van der Waals surface area contributed by atoms with Gasteiger partial charge in [0.15, 0.2) is 0 Å². The van der Waals surface area contributed by atoms with Crippen LogP contribution in [0, 0.1) is 5.92 Å². The van der Waals surface area contributed by atoms with E-state index in [9.17, 15) is 9.59 Å². The van der Waals surface area contributed by atoms with Crippen LogP contribution in [0.3, 0.4) is 0 Å². The first-order valence-corrected chi connectivity index (χ1v) is 4.25. The summed E-state index contributed by atoms with van der Waals surface area (Å²) in [6.45, 7) is 3.46. The molecule has 0 aliphatic heterocycles. The molecule has 0 radical (unpaired) electrons. The molecule has 0 aliphatic rings. The third kappa shape index (κ3) is 3.89. The summed E-state index contributed by atoms with van der Waals surface area (Å²) in [6.07, 6.45) is 0.696. The second kappa shape index (κ2) is 5.53. The van der Waals surface area contributed by atoms with Gasteiger partial charge in [0.1, 0.15) is 6.04 Å². The molecule has 0 saturated heterocycles. The summed E-state index contributed by atoms with van der Waals surface area (Å²) < 4.78 is 0. The minimum Gasteiger partial charge on any atom is -0.480 e. The van der Waals surface area contributed by atoms with Crippen molar-refractivity contribution in [1.82, 2.24) is 5.32 Å². The van der Waals surface area contributed by atoms with Crippen molar-refractivity contribution in [3.63, 3.8) is 0 Å². The highest BCUT2D eigenvalue weighted by Crippen LogP contribution is 2.07. The van der Waals surface area contributed by atoms with E-state index in [0.717, 1.165) is 0 Å². The number of carbonyl (C=O) groups is 2. The van der Waals surface area contributed by atoms with E-state index in [-0.39, 0.29) is 12.5 Å². The standard InChI is InChI=1S/C8H16N2O3/c1-3-5(2)7(8(12)13)10-6(11)4-9/h5,7H,3-4,9H2,1-2H3,(H,10,11)(H,12,13)/t5-,7-/m0/s1. The maximum absolute atomic E-state index is 10.8. The molecular formula is C8H16N2O3. The van der Waals surface area contributed by atoms with Gasteiger partial charge in [-0.05, 0) is 5.92 Å². The average Bonchev–Trinajstić information content (AvgIpc) is 2.11. The van der Waals surface area contributed by atoms with Crippen LogP contribution in [0.5, 0.6) is 0 Å². The van der Waals surface area contributed by atoms with Gasteiger partial charge in [0.05, 0.1) is 6.54 Å². The first-order chi connectivity index (χ1) is 6.02. The summed E-state index contributed by atoms with van der Waals surface area (Å²) in [5.74, 6) is -1.54. The molecule has 0 aliphatic carbocycles. The zero-order chi connectivity index (χ0) is 10.4. The Labute approximate surface area is 77.3 Å². The first kappa shape index (κ1) is 11.9. The van der Waals surface area contributed by atoms with Crippen molar-refractivity contribution in [2.24, 2.45) is 11.7 Å². The lowest BCUT2D eigenvalue weighted by Crippen LogP contribution is -2.47. The lowest BCUT2D eigenvalue weighted by molar-refractivity contribution is -0.143. The van der Waals surface area contributed by atoms with Crippen LogP contribution in [-0.2, 0) is 9.59 Å². The first-order valence-electron chi connectivity index (χ1n) is 4.25. The Morgan fingerprint density at radius 3 is 2.38 bits per heavy atom. The van der Waals surface area contributed by atoms with Gasteiger partial charge in [0.25, 0.3) is 0 Å². The molecule has 76 valence electrons. The Hall–Kier alpha value is -1.10. The van der Waals surface area contributed by atoms with Crippen molar-refractivity contribution in [3.8, 4) is 0 Å². The van der Waals surface area contributed by atoms with Crippen LogP contribution in [-0.4, -0.2) is 29.6 Å². The minimum absolute atomic E-state index is 0.0898. The van der Waals surface area contributed by atoms with Crippen LogP contribution in [0.15, 0.2) is 0 Å². The van der Waals surface area contributed by atoms with Crippen LogP contribution in [0.25, 0.3) is 0 Å². The zero-order valence-corrected chi connectivity index (χ0v) is 7.91. The summed E-state index contributed by atoms with van der Waals surface area (Å²) in [7, 11) is 0. The number of nitrogens with two attached hydrogens (primary N) is 1. The normalized spacial score (nSPS) is 14.7. The van der Waals surface area contributed by atoms with E-state index in [1.165, 1.54) is 0 Å². The highest BCUT2D eigenvalue weighted by atomic mass is 16.4. The van der Waals surface area contributed by atoms with Crippen molar-refractivity contribution in [2.75, 3.05) is 6.54 Å². The molecule has 0 fully saturated rings. The van der Waals surface area contributed by atoms with E-state index in [1.807, 2.05) is 6.92 Å². The predicted octanol–water partition coefficient (Wildman–Crippen LogP) is -0.439. The summed E-state index contributed by atoms with van der Waals surface area (Å²) in [4.78, 5) is 21.5. The van der Waals surface area contributed by atoms with E-state index in [0.29, 0.717) is 6.42 Å². The molecule has 0 unspecified atom stereocenters. The zero-order valence-electron chi connectivity index (χ0n) is 7.91. The quantitative estimate of drug-likeness (QED) is 0.545. The van der Waals surface area contributed by atoms with Gasteiger partial charge in [0, 0.05) is 0 Å². The molecular weight excluding hydrogens is 172 g/mol. The Morgan fingerprint density at radius 1 is 1.54 bits per heavy atom. The SMILES string of the molecule is CC[C@H](C)[C@H](NC(=O)CN)C(=O)O. The van der Waals surface area contributed by atoms with Gasteiger partial charge in [-0.2, -0.15) is 0 Å². The van der Waals surface area contributed by atoms with E-state index >= 15 is 0 Å². The second-order valence-corrected chi connectivity index (χ2v) is 2.97. The fraction of sp³-hybridized carbons (Fsp3) is 0.750. The Bertz CT molecular complexity index is 194. The van der Waals surface area contributed by atoms with Crippen molar-refractivity contribution in [2.45, 2.75) is 26.3 Å². The number of carboxylic acids is 1. The fourth-order valence-corrected chi connectivity index (χ4v) is 0.915. The molecule has 13 heavy (non-hydrogen) atoms. The second-order valence-electron chi connectivity index (χ2n) is 2.97. The lowest BCUT2D eigenvalue weighted by Gasteiger charge is -2.19. The van der Waals surface area contributed by atoms with E-state index in [4.69, 9.17) is 10.8 Å². The third-order valence-electron chi connectivity index (χ3n) is 1.98. The maximum atomic E-state index is 10.8. The van der Waals surface area contributed by atoms with Gasteiger partial charge >= 0.3 is 5.97 Å². The average molecular weight is 188 g/mol. The highest BCUT2D eigenvalue weighted by molar-refractivity contribution is 5.84. The number of nitrogens with one attached hydrogen (secondary N) is 1. The number of rotatable bonds is 5. The molecule has 1 amide bonds. The van der Waals surface area contributed by atoms with Gasteiger partial charge in [-0.15, -0.1) is 0 Å². The number of amides is 1. The molecule has 0 spiro atoms. The molecule has 0 bridgehead atoms. The number of hydrogen-bond donors (Lipinski definition) is 3. The molecule has 0 saturated carbocycles. The molecule has 0 rings (SSSR count). The summed E-state index contributed by atoms with van der Waals surface area (Å²) in [5.41, 5.74) is 5.06. The van der Waals surface area contributed by atoms with Crippen LogP contribution in [0.4, 0.5) is 0 Å². The minimum atomic E-state index is -1.02. The number of aliphatic carboxylic acids is 1. The molecule has 0 heterocycles. The molecule has 0 aromatic rings. The predicted molar refractivity (Wildman–Crippen MR) is 48.1 cm³/mol. The molecule has 0 aromatic heterocycles. The smallest absolute Gasteiger partial charge is 0.326 e. The van der Waals surface area contributed by atoms with Gasteiger partial charge in [-0.25, -0.2) is 4.79 Å². The molecule has 4 N–H and O–H groups in total. The van der Waals surface area contributed by atoms with E-state index in [1.54, 1.807) is 6.92 Å². The number of carboxylic acid groups (broad SMARTS) is 1. The molecule has 5 nitrogen and oxygen atoms in total. The largest absolute Gasteiger partial charge is 0.480 e. The van der Waals surface area contributed by atoms with Crippen LogP contribution in [0.2, 0.25) is 0 Å². The molecule has 0 aromatic carbocycles. The number of carbonyl (C=O) groups excluding carboxylic acids is 1. The topological polar surface area (TPSA) is 92.4 Å². The Morgan fingerprint density at radius 2 is 2.08 bits per heavy atom. The van der Waals surface area contributed by atoms with Gasteiger partial charge in [-0.3, -0.25) is 4.79 Å². The highest BCUT2D eigenvalue weighted by Gasteiger charge is 2.24. The maximum Gasteiger partial charge on any atom is 0.326 e. The van der Waals surface area contributed by atoms with Crippen molar-refractivity contribution in [3.05, 3.63) is 0 Å². The summed E-state index contributed by atoms with van der Waals surface area (Å²) in [5, 5.41) is 11.1. The fourth-order valence-electron chi connectivity index (χ4n) is 0.915. The molecule has 5 heteroatoms. The Kier molecular flexibility index (Phi) is 5.06. The van der Waals surface area contributed by atoms with Crippen LogP contribution >= 0.6 is 0 Å². The van der Waals surface area contributed by atoms with Crippen molar-refractivity contribution >= 4 is 11.9 Å². The summed E-state index contributed by atoms with van der Waals surface area (Å²) >= 11 is 0. The van der Waals surface area contributed by atoms with Crippen molar-refractivity contribution < 1.29 is 14.7 Å². The third-order valence-corrected chi connectivity index (χ3v) is 1.98. The van der Waals surface area contributed by atoms with Crippen LogP contribution in [0.1, 0.15) is 20.3 Å². The van der Waals surface area contributed by atoms with Crippen LogP contribution < -0.4 is 11.1 Å². The van der Waals surface area contributed by atoms with E-state index < -0.39 is 17.9 Å². The van der Waals surface area contributed by atoms with Gasteiger partial charge in [-0.1, -0.05) is 20.3 Å². The van der Waals surface area contributed by atoms with E-state index in [2.05, 4.69) is 5.32 Å². The number of hydrogen-bond acceptors (Lipinski definition) is 3. The molecule has 2 atom stereocenters. The summed E-state index contributed by atoms with van der Waals surface area (Å²) in [6, 6.07) is -0.832. The van der Waals surface area contributed by atoms with Gasteiger partial charge in [0.2, 0.25) is 5.91 Å². The monoisotopic (exact) mass is 188 g/mol. The Balaban J connectivity index is 4.26. The van der Waals surface area contributed by atoms with Crippen molar-refractivity contribution in [1.29, 1.82) is 0 Å².